The fourth-order valence-corrected chi connectivity index (χ4v) is 3.88. The van der Waals surface area contributed by atoms with E-state index in [9.17, 15) is 4.79 Å². The Morgan fingerprint density at radius 1 is 1.20 bits per heavy atom. The third-order valence-electron chi connectivity index (χ3n) is 5.01. The highest BCUT2D eigenvalue weighted by atomic mass is 16.6. The highest BCUT2D eigenvalue weighted by Gasteiger charge is 2.50. The molecule has 1 unspecified atom stereocenters. The lowest BCUT2D eigenvalue weighted by Crippen LogP contribution is -2.62. The van der Waals surface area contributed by atoms with Gasteiger partial charge in [0.15, 0.2) is 0 Å². The number of carbonyl (C=O) groups excluding carboxylic acids is 1. The molecule has 6 heteroatoms. The maximum absolute atomic E-state index is 12.2. The van der Waals surface area contributed by atoms with Crippen molar-refractivity contribution in [2.75, 3.05) is 26.2 Å². The number of hydrogen-bond acceptors (Lipinski definition) is 5. The maximum Gasteiger partial charge on any atom is 0.410 e. The zero-order chi connectivity index (χ0) is 17.3. The molecule has 2 aliphatic heterocycles. The molecular weight excluding hydrogens is 316 g/mol. The van der Waals surface area contributed by atoms with Crippen molar-refractivity contribution >= 4 is 6.09 Å². The average molecular weight is 338 g/mol. The van der Waals surface area contributed by atoms with Crippen molar-refractivity contribution in [3.8, 4) is 0 Å². The van der Waals surface area contributed by atoms with Crippen molar-refractivity contribution in [1.82, 2.24) is 19.8 Å². The molecule has 6 nitrogen and oxygen atoms in total. The van der Waals surface area contributed by atoms with E-state index in [1.54, 1.807) is 6.20 Å². The molecule has 2 aromatic rings. The molecule has 0 aliphatic carbocycles. The van der Waals surface area contributed by atoms with Gasteiger partial charge in [0.05, 0.1) is 11.2 Å². The predicted octanol–water partition coefficient (Wildman–Crippen LogP) is 2.03. The van der Waals surface area contributed by atoms with Crippen LogP contribution in [-0.4, -0.2) is 57.6 Å². The van der Waals surface area contributed by atoms with Crippen LogP contribution in [0.5, 0.6) is 0 Å². The normalized spacial score (nSPS) is 23.4. The number of aromatic nitrogens is 2. The lowest BCUT2D eigenvalue weighted by molar-refractivity contribution is 0.0470. The Labute approximate surface area is 147 Å². The van der Waals surface area contributed by atoms with Crippen LogP contribution < -0.4 is 0 Å². The molecule has 0 radical (unpaired) electrons. The van der Waals surface area contributed by atoms with Crippen LogP contribution in [0, 0.1) is 6.92 Å². The molecule has 0 N–H and O–H groups in total. The Balaban J connectivity index is 1.55. The van der Waals surface area contributed by atoms with E-state index < -0.39 is 0 Å². The summed E-state index contributed by atoms with van der Waals surface area (Å²) in [4.78, 5) is 25.1. The molecule has 130 valence electrons. The van der Waals surface area contributed by atoms with Gasteiger partial charge in [0.2, 0.25) is 0 Å². The molecule has 25 heavy (non-hydrogen) atoms. The number of amides is 1. The van der Waals surface area contributed by atoms with E-state index in [1.165, 1.54) is 5.56 Å². The average Bonchev–Trinajstić information content (AvgIpc) is 2.92. The molecule has 1 amide bonds. The van der Waals surface area contributed by atoms with Gasteiger partial charge in [-0.1, -0.05) is 30.3 Å². The van der Waals surface area contributed by atoms with Crippen LogP contribution in [0.2, 0.25) is 0 Å². The second-order valence-corrected chi connectivity index (χ2v) is 6.90. The molecule has 0 spiro atoms. The third kappa shape index (κ3) is 3.22. The number of carbonyl (C=O) groups is 1. The maximum atomic E-state index is 12.2. The van der Waals surface area contributed by atoms with Gasteiger partial charge in [-0.25, -0.2) is 14.8 Å². The smallest absolute Gasteiger partial charge is 0.410 e. The van der Waals surface area contributed by atoms with E-state index in [0.717, 1.165) is 37.6 Å². The number of piperazine rings is 1. The van der Waals surface area contributed by atoms with Gasteiger partial charge in [0.1, 0.15) is 12.4 Å². The molecule has 4 rings (SSSR count). The van der Waals surface area contributed by atoms with E-state index in [-0.39, 0.29) is 11.6 Å². The minimum atomic E-state index is -0.293. The van der Waals surface area contributed by atoms with Crippen LogP contribution in [0.3, 0.4) is 0 Å². The largest absolute Gasteiger partial charge is 0.447 e. The van der Waals surface area contributed by atoms with Crippen molar-refractivity contribution < 1.29 is 9.53 Å². The van der Waals surface area contributed by atoms with Crippen LogP contribution in [0.25, 0.3) is 0 Å². The molecule has 1 aromatic heterocycles. The zero-order valence-corrected chi connectivity index (χ0v) is 14.4. The number of ether oxygens (including phenoxy) is 1. The summed E-state index contributed by atoms with van der Waals surface area (Å²) in [5.41, 5.74) is 1.95. The quantitative estimate of drug-likeness (QED) is 0.854. The number of hydrogen-bond donors (Lipinski definition) is 0. The minimum absolute atomic E-state index is 0.187. The van der Waals surface area contributed by atoms with Crippen molar-refractivity contribution in [3.05, 3.63) is 59.7 Å². The van der Waals surface area contributed by atoms with E-state index in [1.807, 2.05) is 36.1 Å². The lowest BCUT2D eigenvalue weighted by atomic mass is 9.88. The first-order chi connectivity index (χ1) is 12.1. The van der Waals surface area contributed by atoms with Gasteiger partial charge in [-0.15, -0.1) is 0 Å². The second-order valence-electron chi connectivity index (χ2n) is 6.90. The summed E-state index contributed by atoms with van der Waals surface area (Å²) in [6, 6.07) is 12.3. The van der Waals surface area contributed by atoms with E-state index in [4.69, 9.17) is 4.74 Å². The topological polar surface area (TPSA) is 58.6 Å². The Hall–Kier alpha value is -2.47. The van der Waals surface area contributed by atoms with Gasteiger partial charge in [0.25, 0.3) is 0 Å². The molecule has 0 bridgehead atoms. The number of benzene rings is 1. The summed E-state index contributed by atoms with van der Waals surface area (Å²) in [5, 5.41) is 0. The Bertz CT molecular complexity index is 767. The van der Waals surface area contributed by atoms with Crippen LogP contribution in [-0.2, 0) is 17.7 Å². The number of cyclic esters (lactones) is 1. The van der Waals surface area contributed by atoms with Crippen LogP contribution in [0.4, 0.5) is 4.79 Å². The van der Waals surface area contributed by atoms with E-state index in [2.05, 4.69) is 27.0 Å². The summed E-state index contributed by atoms with van der Waals surface area (Å²) in [5.74, 6) is 0.787. The summed E-state index contributed by atoms with van der Waals surface area (Å²) in [6.45, 7) is 5.42. The third-order valence-corrected chi connectivity index (χ3v) is 5.01. The Morgan fingerprint density at radius 2 is 2.04 bits per heavy atom. The van der Waals surface area contributed by atoms with Gasteiger partial charge < -0.3 is 4.74 Å². The zero-order valence-electron chi connectivity index (χ0n) is 14.4. The van der Waals surface area contributed by atoms with Crippen molar-refractivity contribution in [2.45, 2.75) is 25.4 Å². The van der Waals surface area contributed by atoms with Crippen LogP contribution in [0.15, 0.2) is 42.6 Å². The van der Waals surface area contributed by atoms with E-state index >= 15 is 0 Å². The fraction of sp³-hybridized carbons (Fsp3) is 0.421. The van der Waals surface area contributed by atoms with E-state index in [0.29, 0.717) is 13.2 Å². The molecule has 0 saturated carbocycles. The first-order valence-corrected chi connectivity index (χ1v) is 8.64. The summed E-state index contributed by atoms with van der Waals surface area (Å²) in [6.07, 6.45) is 2.42. The van der Waals surface area contributed by atoms with Gasteiger partial charge in [-0.2, -0.15) is 0 Å². The number of fused-ring (bicyclic) bond motifs is 1. The fourth-order valence-electron chi connectivity index (χ4n) is 3.88. The second kappa shape index (κ2) is 6.44. The first-order valence-electron chi connectivity index (χ1n) is 8.64. The monoisotopic (exact) mass is 338 g/mol. The molecule has 1 atom stereocenters. The number of rotatable bonds is 4. The summed E-state index contributed by atoms with van der Waals surface area (Å²) in [7, 11) is 0. The number of nitrogens with zero attached hydrogens (tertiary/aromatic N) is 4. The summed E-state index contributed by atoms with van der Waals surface area (Å²) < 4.78 is 5.43. The van der Waals surface area contributed by atoms with Crippen molar-refractivity contribution in [3.63, 3.8) is 0 Å². The molecule has 1 aromatic carbocycles. The van der Waals surface area contributed by atoms with Gasteiger partial charge >= 0.3 is 6.09 Å². The minimum Gasteiger partial charge on any atom is -0.447 e. The van der Waals surface area contributed by atoms with Crippen LogP contribution in [0.1, 0.15) is 17.1 Å². The van der Waals surface area contributed by atoms with Crippen molar-refractivity contribution in [2.24, 2.45) is 0 Å². The lowest BCUT2D eigenvalue weighted by Gasteiger charge is -2.44. The molecular formula is C19H22N4O2. The van der Waals surface area contributed by atoms with Gasteiger partial charge in [-0.05, 0) is 18.6 Å². The molecule has 3 heterocycles. The molecule has 2 aliphatic rings. The van der Waals surface area contributed by atoms with Gasteiger partial charge in [-0.3, -0.25) is 9.80 Å². The Kier molecular flexibility index (Phi) is 4.13. The SMILES string of the molecule is Cc1nccc(CN2CCN3C(=O)OCC3(Cc3ccccc3)C2)n1. The predicted molar refractivity (Wildman–Crippen MR) is 93.0 cm³/mol. The first kappa shape index (κ1) is 16.0. The molecule has 2 saturated heterocycles. The highest BCUT2D eigenvalue weighted by molar-refractivity contribution is 5.71. The summed E-state index contributed by atoms with van der Waals surface area (Å²) >= 11 is 0. The number of aryl methyl sites for hydroxylation is 1. The highest BCUT2D eigenvalue weighted by Crippen LogP contribution is 2.32. The Morgan fingerprint density at radius 3 is 2.84 bits per heavy atom. The standard InChI is InChI=1S/C19H22N4O2/c1-15-20-8-7-17(21-15)12-22-9-10-23-18(24)25-14-19(23,13-22)11-16-5-3-2-4-6-16/h2-8H,9-14H2,1H3. The van der Waals surface area contributed by atoms with Gasteiger partial charge in [0, 0.05) is 38.8 Å². The van der Waals surface area contributed by atoms with Crippen LogP contribution >= 0.6 is 0 Å². The van der Waals surface area contributed by atoms with Crippen molar-refractivity contribution in [1.29, 1.82) is 0 Å². The molecule has 2 fully saturated rings.